The number of benzene rings is 2. The first-order valence-electron chi connectivity index (χ1n) is 8.97. The standard InChI is InChI=1S/C21H25NO6/c1-15-6-3-4-8-17(15)27-12-13-28-21-16(7-5-9-18(21)26-2)14-22-19(23)10-11-20(24)25/h3-9H,10-14H2,1-2H3,(H,22,23)(H,24,25). The average Bonchev–Trinajstić information content (AvgIpc) is 2.69. The van der Waals surface area contributed by atoms with Crippen molar-refractivity contribution >= 4 is 11.9 Å². The smallest absolute Gasteiger partial charge is 0.303 e. The van der Waals surface area contributed by atoms with Crippen LogP contribution in [0.3, 0.4) is 0 Å². The van der Waals surface area contributed by atoms with Crippen LogP contribution in [0.15, 0.2) is 42.5 Å². The largest absolute Gasteiger partial charge is 0.493 e. The molecule has 2 N–H and O–H groups in total. The molecule has 2 aromatic rings. The van der Waals surface area contributed by atoms with Crippen molar-refractivity contribution < 1.29 is 28.9 Å². The van der Waals surface area contributed by atoms with Crippen LogP contribution in [-0.4, -0.2) is 37.3 Å². The molecular formula is C21H25NO6. The van der Waals surface area contributed by atoms with E-state index >= 15 is 0 Å². The number of amides is 1. The van der Waals surface area contributed by atoms with Crippen molar-refractivity contribution in [1.82, 2.24) is 5.32 Å². The molecule has 150 valence electrons. The summed E-state index contributed by atoms with van der Waals surface area (Å²) in [6.45, 7) is 2.84. The molecule has 0 atom stereocenters. The fourth-order valence-electron chi connectivity index (χ4n) is 2.54. The molecule has 0 bridgehead atoms. The molecule has 28 heavy (non-hydrogen) atoms. The van der Waals surface area contributed by atoms with Gasteiger partial charge in [0.1, 0.15) is 19.0 Å². The van der Waals surface area contributed by atoms with Gasteiger partial charge in [0.15, 0.2) is 11.5 Å². The maximum Gasteiger partial charge on any atom is 0.303 e. The molecule has 0 radical (unpaired) electrons. The second kappa shape index (κ2) is 10.8. The van der Waals surface area contributed by atoms with Crippen LogP contribution in [0.2, 0.25) is 0 Å². The number of hydrogen-bond acceptors (Lipinski definition) is 5. The minimum absolute atomic E-state index is 0.0697. The van der Waals surface area contributed by atoms with Crippen LogP contribution in [0.25, 0.3) is 0 Å². The fraction of sp³-hybridized carbons (Fsp3) is 0.333. The summed E-state index contributed by atoms with van der Waals surface area (Å²) in [5.41, 5.74) is 1.78. The number of rotatable bonds is 11. The van der Waals surface area contributed by atoms with Crippen LogP contribution < -0.4 is 19.5 Å². The lowest BCUT2D eigenvalue weighted by molar-refractivity contribution is -0.138. The van der Waals surface area contributed by atoms with Crippen LogP contribution in [0.1, 0.15) is 24.0 Å². The van der Waals surface area contributed by atoms with Gasteiger partial charge in [-0.3, -0.25) is 9.59 Å². The highest BCUT2D eigenvalue weighted by Crippen LogP contribution is 2.31. The summed E-state index contributed by atoms with van der Waals surface area (Å²) in [7, 11) is 1.54. The van der Waals surface area contributed by atoms with Crippen LogP contribution in [0, 0.1) is 6.92 Å². The van der Waals surface area contributed by atoms with Crippen LogP contribution in [0.4, 0.5) is 0 Å². The first-order valence-corrected chi connectivity index (χ1v) is 8.97. The van der Waals surface area contributed by atoms with E-state index in [4.69, 9.17) is 19.3 Å². The number of methoxy groups -OCH3 is 1. The minimum Gasteiger partial charge on any atom is -0.493 e. The van der Waals surface area contributed by atoms with E-state index in [9.17, 15) is 9.59 Å². The molecule has 7 heteroatoms. The number of aliphatic carboxylic acids is 1. The van der Waals surface area contributed by atoms with Gasteiger partial charge in [-0.1, -0.05) is 30.3 Å². The molecule has 0 fully saturated rings. The molecule has 0 saturated carbocycles. The van der Waals surface area contributed by atoms with E-state index in [0.29, 0.717) is 24.7 Å². The predicted molar refractivity (Wildman–Crippen MR) is 104 cm³/mol. The van der Waals surface area contributed by atoms with Crippen molar-refractivity contribution in [3.05, 3.63) is 53.6 Å². The van der Waals surface area contributed by atoms with Crippen LogP contribution >= 0.6 is 0 Å². The molecule has 0 aliphatic carbocycles. The Kier molecular flexibility index (Phi) is 8.14. The molecule has 0 aliphatic heterocycles. The maximum absolute atomic E-state index is 11.8. The zero-order valence-corrected chi connectivity index (χ0v) is 16.1. The lowest BCUT2D eigenvalue weighted by atomic mass is 10.1. The lowest BCUT2D eigenvalue weighted by Crippen LogP contribution is -2.23. The molecule has 0 unspecified atom stereocenters. The summed E-state index contributed by atoms with van der Waals surface area (Å²) < 4.78 is 16.9. The lowest BCUT2D eigenvalue weighted by Gasteiger charge is -2.16. The van der Waals surface area contributed by atoms with Crippen molar-refractivity contribution in [1.29, 1.82) is 0 Å². The third-order valence-corrected chi connectivity index (χ3v) is 4.00. The minimum atomic E-state index is -1.01. The van der Waals surface area contributed by atoms with Crippen LogP contribution in [-0.2, 0) is 16.1 Å². The summed E-state index contributed by atoms with van der Waals surface area (Å²) in [6.07, 6.45) is -0.275. The van der Waals surface area contributed by atoms with Crippen molar-refractivity contribution in [2.24, 2.45) is 0 Å². The van der Waals surface area contributed by atoms with Crippen molar-refractivity contribution in [3.8, 4) is 17.2 Å². The van der Waals surface area contributed by atoms with E-state index < -0.39 is 5.97 Å². The van der Waals surface area contributed by atoms with E-state index in [1.165, 1.54) is 0 Å². The molecule has 2 aromatic carbocycles. The summed E-state index contributed by atoms with van der Waals surface area (Å²) in [4.78, 5) is 22.3. The topological polar surface area (TPSA) is 94.1 Å². The van der Waals surface area contributed by atoms with Gasteiger partial charge in [0.2, 0.25) is 5.91 Å². The molecule has 0 aliphatic rings. The quantitative estimate of drug-likeness (QED) is 0.576. The van der Waals surface area contributed by atoms with Gasteiger partial charge in [0, 0.05) is 18.5 Å². The Balaban J connectivity index is 1.93. The average molecular weight is 387 g/mol. The highest BCUT2D eigenvalue weighted by atomic mass is 16.5. The first-order chi connectivity index (χ1) is 13.5. The second-order valence-corrected chi connectivity index (χ2v) is 6.08. The summed E-state index contributed by atoms with van der Waals surface area (Å²) >= 11 is 0. The van der Waals surface area contributed by atoms with E-state index in [2.05, 4.69) is 5.32 Å². The number of ether oxygens (including phenoxy) is 3. The summed E-state index contributed by atoms with van der Waals surface area (Å²) in [5.74, 6) is 0.537. The van der Waals surface area contributed by atoms with Gasteiger partial charge in [0.25, 0.3) is 0 Å². The molecule has 0 saturated heterocycles. The molecule has 0 spiro atoms. The van der Waals surface area contributed by atoms with Gasteiger partial charge in [-0.25, -0.2) is 0 Å². The maximum atomic E-state index is 11.8. The number of carbonyl (C=O) groups is 2. The number of nitrogens with one attached hydrogen (secondary N) is 1. The second-order valence-electron chi connectivity index (χ2n) is 6.08. The number of carbonyl (C=O) groups excluding carboxylic acids is 1. The van der Waals surface area contributed by atoms with E-state index in [-0.39, 0.29) is 25.3 Å². The Hall–Kier alpha value is -3.22. The van der Waals surface area contributed by atoms with E-state index in [0.717, 1.165) is 16.9 Å². The highest BCUT2D eigenvalue weighted by molar-refractivity contribution is 5.80. The Labute approximate surface area is 164 Å². The number of carboxylic acid groups (broad SMARTS) is 1. The van der Waals surface area contributed by atoms with Crippen LogP contribution in [0.5, 0.6) is 17.2 Å². The molecular weight excluding hydrogens is 362 g/mol. The van der Waals surface area contributed by atoms with Crippen molar-refractivity contribution in [2.45, 2.75) is 26.3 Å². The number of hydrogen-bond donors (Lipinski definition) is 2. The van der Waals surface area contributed by atoms with Gasteiger partial charge in [-0.15, -0.1) is 0 Å². The summed E-state index contributed by atoms with van der Waals surface area (Å²) in [6, 6.07) is 13.1. The fourth-order valence-corrected chi connectivity index (χ4v) is 2.54. The summed E-state index contributed by atoms with van der Waals surface area (Å²) in [5, 5.41) is 11.4. The van der Waals surface area contributed by atoms with Gasteiger partial charge in [0.05, 0.1) is 13.5 Å². The monoisotopic (exact) mass is 387 g/mol. The zero-order chi connectivity index (χ0) is 20.4. The Morgan fingerprint density at radius 1 is 0.964 bits per heavy atom. The highest BCUT2D eigenvalue weighted by Gasteiger charge is 2.12. The zero-order valence-electron chi connectivity index (χ0n) is 16.1. The SMILES string of the molecule is COc1cccc(CNC(=O)CCC(=O)O)c1OCCOc1ccccc1C. The first kappa shape index (κ1) is 21.1. The van der Waals surface area contributed by atoms with Gasteiger partial charge < -0.3 is 24.6 Å². The Bertz CT molecular complexity index is 805. The normalized spacial score (nSPS) is 10.2. The van der Waals surface area contributed by atoms with Gasteiger partial charge in [-0.05, 0) is 24.6 Å². The van der Waals surface area contributed by atoms with E-state index in [1.54, 1.807) is 19.2 Å². The Morgan fingerprint density at radius 2 is 1.68 bits per heavy atom. The molecule has 0 aromatic heterocycles. The number of para-hydroxylation sites is 2. The number of carboxylic acids is 1. The van der Waals surface area contributed by atoms with Gasteiger partial charge >= 0.3 is 5.97 Å². The third kappa shape index (κ3) is 6.50. The third-order valence-electron chi connectivity index (χ3n) is 4.00. The van der Waals surface area contributed by atoms with E-state index in [1.807, 2.05) is 37.3 Å². The number of aryl methyl sites for hydroxylation is 1. The molecule has 7 nitrogen and oxygen atoms in total. The van der Waals surface area contributed by atoms with Gasteiger partial charge in [-0.2, -0.15) is 0 Å². The molecule has 2 rings (SSSR count). The van der Waals surface area contributed by atoms with Crippen molar-refractivity contribution in [2.75, 3.05) is 20.3 Å². The van der Waals surface area contributed by atoms with Crippen molar-refractivity contribution in [3.63, 3.8) is 0 Å². The predicted octanol–water partition coefficient (Wildman–Crippen LogP) is 2.94. The Morgan fingerprint density at radius 3 is 2.39 bits per heavy atom. The molecule has 1 amide bonds. The molecule has 0 heterocycles.